The van der Waals surface area contributed by atoms with E-state index >= 15 is 4.39 Å². The number of hydrogen-bond acceptors (Lipinski definition) is 4. The monoisotopic (exact) mass is 528 g/mol. The molecule has 1 heterocycles. The minimum atomic E-state index is -1.16. The van der Waals surface area contributed by atoms with Crippen LogP contribution in [-0.4, -0.2) is 37.2 Å². The first-order chi connectivity index (χ1) is 17.4. The molecule has 0 saturated heterocycles. The van der Waals surface area contributed by atoms with Crippen molar-refractivity contribution in [2.45, 2.75) is 59.2 Å². The Hall–Kier alpha value is -3.04. The largest absolute Gasteiger partial charge is 0.366 e. The molecule has 1 N–H and O–H groups in total. The van der Waals surface area contributed by atoms with Crippen LogP contribution in [-0.2, 0) is 24.4 Å². The Morgan fingerprint density at radius 3 is 2.54 bits per heavy atom. The molecule has 1 aromatic heterocycles. The summed E-state index contributed by atoms with van der Waals surface area (Å²) in [5.41, 5.74) is 2.08. The van der Waals surface area contributed by atoms with E-state index in [0.29, 0.717) is 36.6 Å². The minimum absolute atomic E-state index is 0.123. The third kappa shape index (κ3) is 8.23. The molecule has 0 bridgehead atoms. The molecule has 0 unspecified atom stereocenters. The number of imidazole rings is 1. The molecule has 3 aromatic rings. The van der Waals surface area contributed by atoms with E-state index in [1.54, 1.807) is 42.5 Å². The predicted molar refractivity (Wildman–Crippen MR) is 148 cm³/mol. The van der Waals surface area contributed by atoms with Crippen molar-refractivity contribution in [3.05, 3.63) is 77.4 Å². The highest BCUT2D eigenvalue weighted by atomic mass is 28.3. The second-order valence-corrected chi connectivity index (χ2v) is 16.7. The molecule has 6 nitrogen and oxygen atoms in total. The van der Waals surface area contributed by atoms with Crippen LogP contribution in [0.15, 0.2) is 48.9 Å². The summed E-state index contributed by atoms with van der Waals surface area (Å²) in [4.78, 5) is 18.9. The van der Waals surface area contributed by atoms with Crippen molar-refractivity contribution in [3.63, 3.8) is 0 Å². The summed E-state index contributed by atoms with van der Waals surface area (Å²) < 4.78 is 37.6. The van der Waals surface area contributed by atoms with E-state index in [0.717, 1.165) is 12.1 Å². The average Bonchev–Trinajstić information content (AvgIpc) is 3.26. The number of halogens is 2. The van der Waals surface area contributed by atoms with Gasteiger partial charge in [0, 0.05) is 50.8 Å². The number of rotatable bonds is 12. The number of aromatic nitrogens is 2. The van der Waals surface area contributed by atoms with Crippen LogP contribution < -0.4 is 10.2 Å². The third-order valence-corrected chi connectivity index (χ3v) is 7.60. The fraction of sp³-hybridized carbons (Fsp3) is 0.429. The average molecular weight is 529 g/mol. The van der Waals surface area contributed by atoms with Gasteiger partial charge in [-0.2, -0.15) is 0 Å². The lowest BCUT2D eigenvalue weighted by Gasteiger charge is -2.26. The Morgan fingerprint density at radius 1 is 1.19 bits per heavy atom. The maximum atomic E-state index is 15.2. The third-order valence-electron chi connectivity index (χ3n) is 5.90. The standard InChI is InChI=1S/C28H38F2N4O2Si/c1-20(2)14-23-25(32-28(35)21-10-8-7-9-11-21)15-24(29)26(30)27(23)33(3)16-22-17-34(18-31-22)19-36-12-13-37(4,5)6/h7-11,15,17-18,20H,12-14,16,19H2,1-6H3,(H,32,35). The van der Waals surface area contributed by atoms with Gasteiger partial charge >= 0.3 is 0 Å². The number of amides is 1. The Kier molecular flexibility index (Phi) is 9.61. The highest BCUT2D eigenvalue weighted by Gasteiger charge is 2.24. The van der Waals surface area contributed by atoms with Crippen LogP contribution in [0.5, 0.6) is 0 Å². The zero-order chi connectivity index (χ0) is 27.2. The molecule has 0 aliphatic rings. The maximum Gasteiger partial charge on any atom is 0.255 e. The number of hydrogen-bond donors (Lipinski definition) is 1. The normalized spacial score (nSPS) is 11.7. The van der Waals surface area contributed by atoms with Gasteiger partial charge in [0.1, 0.15) is 6.73 Å². The van der Waals surface area contributed by atoms with Gasteiger partial charge in [0.15, 0.2) is 11.6 Å². The summed E-state index contributed by atoms with van der Waals surface area (Å²) in [5, 5.41) is 2.80. The number of benzene rings is 2. The molecule has 37 heavy (non-hydrogen) atoms. The van der Waals surface area contributed by atoms with Crippen LogP contribution >= 0.6 is 0 Å². The van der Waals surface area contributed by atoms with E-state index in [4.69, 9.17) is 4.74 Å². The molecule has 200 valence electrons. The summed E-state index contributed by atoms with van der Waals surface area (Å²) in [5.74, 6) is -2.18. The van der Waals surface area contributed by atoms with Crippen molar-refractivity contribution < 1.29 is 18.3 Å². The molecule has 0 fully saturated rings. The fourth-order valence-corrected chi connectivity index (χ4v) is 4.74. The molecule has 0 aliphatic carbocycles. The van der Waals surface area contributed by atoms with Gasteiger partial charge in [-0.15, -0.1) is 0 Å². The number of carbonyl (C=O) groups is 1. The van der Waals surface area contributed by atoms with Crippen LogP contribution in [0, 0.1) is 17.6 Å². The van der Waals surface area contributed by atoms with Gasteiger partial charge < -0.3 is 19.5 Å². The van der Waals surface area contributed by atoms with Crippen molar-refractivity contribution in [3.8, 4) is 0 Å². The number of anilines is 2. The van der Waals surface area contributed by atoms with E-state index in [9.17, 15) is 9.18 Å². The molecule has 1 amide bonds. The lowest BCUT2D eigenvalue weighted by molar-refractivity contribution is 0.0871. The lowest BCUT2D eigenvalue weighted by atomic mass is 9.97. The Labute approximate surface area is 219 Å². The Bertz CT molecular complexity index is 1190. The van der Waals surface area contributed by atoms with Gasteiger partial charge in [-0.25, -0.2) is 13.8 Å². The van der Waals surface area contributed by atoms with Gasteiger partial charge in [-0.05, 0) is 30.5 Å². The van der Waals surface area contributed by atoms with E-state index < -0.39 is 19.7 Å². The molecule has 3 rings (SSSR count). The van der Waals surface area contributed by atoms with Crippen molar-refractivity contribution >= 4 is 25.4 Å². The molecule has 0 saturated carbocycles. The van der Waals surface area contributed by atoms with Gasteiger partial charge in [0.05, 0.1) is 24.3 Å². The van der Waals surface area contributed by atoms with Gasteiger partial charge in [-0.3, -0.25) is 4.79 Å². The zero-order valence-corrected chi connectivity index (χ0v) is 23.6. The summed E-state index contributed by atoms with van der Waals surface area (Å²) in [7, 11) is 0.542. The lowest BCUT2D eigenvalue weighted by Crippen LogP contribution is -2.23. The maximum absolute atomic E-state index is 15.2. The number of carbonyl (C=O) groups excluding carboxylic acids is 1. The van der Waals surface area contributed by atoms with Gasteiger partial charge in [-0.1, -0.05) is 51.7 Å². The molecular formula is C28H38F2N4O2Si. The van der Waals surface area contributed by atoms with E-state index in [2.05, 4.69) is 29.9 Å². The first-order valence-corrected chi connectivity index (χ1v) is 16.3. The topological polar surface area (TPSA) is 59.4 Å². The van der Waals surface area contributed by atoms with E-state index in [1.807, 2.05) is 30.7 Å². The molecule has 0 aliphatic heterocycles. The summed E-state index contributed by atoms with van der Waals surface area (Å²) in [6.45, 7) is 12.3. The Balaban J connectivity index is 1.82. The number of ether oxygens (including phenoxy) is 1. The highest BCUT2D eigenvalue weighted by Crippen LogP contribution is 2.35. The first kappa shape index (κ1) is 28.5. The number of nitrogens with one attached hydrogen (secondary N) is 1. The molecular weight excluding hydrogens is 490 g/mol. The minimum Gasteiger partial charge on any atom is -0.366 e. The van der Waals surface area contributed by atoms with Crippen LogP contribution in [0.4, 0.5) is 20.2 Å². The molecule has 0 spiro atoms. The first-order valence-electron chi connectivity index (χ1n) is 12.6. The van der Waals surface area contributed by atoms with Crippen LogP contribution in [0.3, 0.4) is 0 Å². The summed E-state index contributed by atoms with van der Waals surface area (Å²) >= 11 is 0. The second kappa shape index (κ2) is 12.5. The second-order valence-electron chi connectivity index (χ2n) is 11.0. The van der Waals surface area contributed by atoms with Crippen molar-refractivity contribution in [2.24, 2.45) is 5.92 Å². The van der Waals surface area contributed by atoms with Crippen LogP contribution in [0.25, 0.3) is 0 Å². The van der Waals surface area contributed by atoms with Crippen molar-refractivity contribution in [1.82, 2.24) is 9.55 Å². The van der Waals surface area contributed by atoms with Gasteiger partial charge in [0.25, 0.3) is 5.91 Å². The quantitative estimate of drug-likeness (QED) is 0.214. The SMILES string of the molecule is CC(C)Cc1c(NC(=O)c2ccccc2)cc(F)c(F)c1N(C)Cc1cn(COCC[Si](C)(C)C)cn1. The molecule has 0 radical (unpaired) electrons. The smallest absolute Gasteiger partial charge is 0.255 e. The van der Waals surface area contributed by atoms with E-state index in [1.165, 1.54) is 0 Å². The zero-order valence-electron chi connectivity index (χ0n) is 22.6. The van der Waals surface area contributed by atoms with Crippen LogP contribution in [0.2, 0.25) is 25.7 Å². The van der Waals surface area contributed by atoms with Crippen LogP contribution in [0.1, 0.15) is 35.5 Å². The van der Waals surface area contributed by atoms with Gasteiger partial charge in [0.2, 0.25) is 0 Å². The number of nitrogens with zero attached hydrogens (tertiary/aromatic N) is 3. The van der Waals surface area contributed by atoms with Crippen molar-refractivity contribution in [2.75, 3.05) is 23.9 Å². The predicted octanol–water partition coefficient (Wildman–Crippen LogP) is 6.56. The summed E-state index contributed by atoms with van der Waals surface area (Å²) in [6.07, 6.45) is 3.99. The van der Waals surface area contributed by atoms with E-state index in [-0.39, 0.29) is 29.7 Å². The highest BCUT2D eigenvalue weighted by molar-refractivity contribution is 6.76. The van der Waals surface area contributed by atoms with Crippen molar-refractivity contribution in [1.29, 1.82) is 0 Å². The molecule has 9 heteroatoms. The Morgan fingerprint density at radius 2 is 1.89 bits per heavy atom. The molecule has 2 aromatic carbocycles. The summed E-state index contributed by atoms with van der Waals surface area (Å²) in [6, 6.07) is 10.8. The fourth-order valence-electron chi connectivity index (χ4n) is 3.99. The molecule has 0 atom stereocenters.